The third-order valence-electron chi connectivity index (χ3n) is 1.60. The lowest BCUT2D eigenvalue weighted by Crippen LogP contribution is -1.89. The van der Waals surface area contributed by atoms with Crippen molar-refractivity contribution in [1.82, 2.24) is 0 Å². The summed E-state index contributed by atoms with van der Waals surface area (Å²) in [6.07, 6.45) is 0. The SMILES string of the molecule is Nc1ccc(P)cc1.c1ccccc1. The van der Waals surface area contributed by atoms with Crippen molar-refractivity contribution in [3.63, 3.8) is 0 Å². The molecule has 0 spiro atoms. The first-order valence-corrected chi connectivity index (χ1v) is 4.98. The van der Waals surface area contributed by atoms with E-state index >= 15 is 0 Å². The number of anilines is 1. The van der Waals surface area contributed by atoms with E-state index in [1.54, 1.807) is 0 Å². The number of nitrogens with two attached hydrogens (primary N) is 1. The van der Waals surface area contributed by atoms with Gasteiger partial charge in [-0.05, 0) is 17.4 Å². The minimum atomic E-state index is 0.816. The molecule has 2 N–H and O–H groups in total. The first-order chi connectivity index (χ1) is 6.79. The smallest absolute Gasteiger partial charge is 0.0314 e. The molecular formula is C12H14NP. The molecule has 0 bridgehead atoms. The van der Waals surface area contributed by atoms with Crippen LogP contribution in [-0.2, 0) is 0 Å². The summed E-state index contributed by atoms with van der Waals surface area (Å²) < 4.78 is 0. The highest BCUT2D eigenvalue weighted by atomic mass is 31.0. The molecule has 0 aliphatic heterocycles. The molecule has 0 radical (unpaired) electrons. The van der Waals surface area contributed by atoms with Crippen LogP contribution in [0.4, 0.5) is 5.69 Å². The van der Waals surface area contributed by atoms with Gasteiger partial charge in [0.25, 0.3) is 0 Å². The van der Waals surface area contributed by atoms with Gasteiger partial charge in [0, 0.05) is 5.69 Å². The van der Waals surface area contributed by atoms with Crippen molar-refractivity contribution in [1.29, 1.82) is 0 Å². The third kappa shape index (κ3) is 4.64. The summed E-state index contributed by atoms with van der Waals surface area (Å²) in [6, 6.07) is 19.7. The van der Waals surface area contributed by atoms with Crippen LogP contribution in [0.2, 0.25) is 0 Å². The van der Waals surface area contributed by atoms with Crippen molar-refractivity contribution < 1.29 is 0 Å². The van der Waals surface area contributed by atoms with Gasteiger partial charge in [0.05, 0.1) is 0 Å². The predicted molar refractivity (Wildman–Crippen MR) is 66.6 cm³/mol. The highest BCUT2D eigenvalue weighted by Gasteiger charge is 1.80. The summed E-state index contributed by atoms with van der Waals surface area (Å²) in [5.74, 6) is 0. The molecule has 0 heterocycles. The number of benzene rings is 2. The van der Waals surface area contributed by atoms with Crippen molar-refractivity contribution >= 4 is 20.2 Å². The molecule has 0 saturated carbocycles. The van der Waals surface area contributed by atoms with Crippen LogP contribution >= 0.6 is 9.24 Å². The van der Waals surface area contributed by atoms with Crippen LogP contribution in [0.3, 0.4) is 0 Å². The Bertz CT molecular complexity index is 295. The maximum absolute atomic E-state index is 5.42. The zero-order valence-corrected chi connectivity index (χ0v) is 9.08. The highest BCUT2D eigenvalue weighted by Crippen LogP contribution is 1.97. The second-order valence-electron chi connectivity index (χ2n) is 2.82. The normalized spacial score (nSPS) is 8.64. The Morgan fingerprint density at radius 3 is 1.36 bits per heavy atom. The first kappa shape index (κ1) is 10.7. The summed E-state index contributed by atoms with van der Waals surface area (Å²) >= 11 is 0. The largest absolute Gasteiger partial charge is 0.399 e. The number of nitrogen functional groups attached to an aromatic ring is 1. The zero-order chi connectivity index (χ0) is 10.2. The van der Waals surface area contributed by atoms with Gasteiger partial charge >= 0.3 is 0 Å². The van der Waals surface area contributed by atoms with Crippen molar-refractivity contribution in [2.24, 2.45) is 0 Å². The van der Waals surface area contributed by atoms with Gasteiger partial charge in [-0.2, -0.15) is 0 Å². The van der Waals surface area contributed by atoms with Crippen molar-refractivity contribution in [2.75, 3.05) is 5.73 Å². The maximum atomic E-state index is 5.42. The Morgan fingerprint density at radius 1 is 0.714 bits per heavy atom. The Labute approximate surface area is 87.2 Å². The fourth-order valence-electron chi connectivity index (χ4n) is 0.881. The van der Waals surface area contributed by atoms with Crippen LogP contribution in [0, 0.1) is 0 Å². The molecule has 0 aliphatic carbocycles. The number of rotatable bonds is 0. The highest BCUT2D eigenvalue weighted by molar-refractivity contribution is 7.27. The summed E-state index contributed by atoms with van der Waals surface area (Å²) in [5, 5.41) is 1.17. The molecule has 1 nitrogen and oxygen atoms in total. The lowest BCUT2D eigenvalue weighted by atomic mass is 10.3. The standard InChI is InChI=1S/C6H8NP.C6H6/c7-5-1-3-6(8)4-2-5;1-2-4-6-5-3-1/h1-4H,7-8H2;1-6H. The molecule has 2 aromatic carbocycles. The molecule has 14 heavy (non-hydrogen) atoms. The van der Waals surface area contributed by atoms with Crippen LogP contribution in [0.1, 0.15) is 0 Å². The lowest BCUT2D eigenvalue weighted by Gasteiger charge is -1.90. The predicted octanol–water partition coefficient (Wildman–Crippen LogP) is 2.46. The average Bonchev–Trinajstić information content (AvgIpc) is 2.26. The van der Waals surface area contributed by atoms with Crippen LogP contribution in [0.5, 0.6) is 0 Å². The Balaban J connectivity index is 0.000000146. The summed E-state index contributed by atoms with van der Waals surface area (Å²) in [5.41, 5.74) is 6.23. The van der Waals surface area contributed by atoms with Crippen LogP contribution in [-0.4, -0.2) is 0 Å². The van der Waals surface area contributed by atoms with Crippen LogP contribution < -0.4 is 11.0 Å². The second-order valence-corrected chi connectivity index (χ2v) is 3.49. The molecule has 0 aromatic heterocycles. The fourth-order valence-corrected chi connectivity index (χ4v) is 1.07. The van der Waals surface area contributed by atoms with Gasteiger partial charge in [-0.15, -0.1) is 9.24 Å². The fraction of sp³-hybridized carbons (Fsp3) is 0. The molecular weight excluding hydrogens is 189 g/mol. The number of hydrogen-bond donors (Lipinski definition) is 1. The van der Waals surface area contributed by atoms with Gasteiger partial charge < -0.3 is 5.73 Å². The molecule has 2 aromatic rings. The number of hydrogen-bond acceptors (Lipinski definition) is 1. The summed E-state index contributed by atoms with van der Waals surface area (Å²) in [4.78, 5) is 0. The van der Waals surface area contributed by atoms with Crippen LogP contribution in [0.25, 0.3) is 0 Å². The van der Waals surface area contributed by atoms with Crippen LogP contribution in [0.15, 0.2) is 60.7 Å². The van der Waals surface area contributed by atoms with Gasteiger partial charge in [0.2, 0.25) is 0 Å². The Morgan fingerprint density at radius 2 is 1.07 bits per heavy atom. The van der Waals surface area contributed by atoms with E-state index in [-0.39, 0.29) is 0 Å². The Kier molecular flexibility index (Phi) is 4.74. The van der Waals surface area contributed by atoms with Crippen molar-refractivity contribution in [3.05, 3.63) is 60.7 Å². The molecule has 0 amide bonds. The monoisotopic (exact) mass is 203 g/mol. The topological polar surface area (TPSA) is 26.0 Å². The minimum absolute atomic E-state index is 0.816. The molecule has 1 unspecified atom stereocenters. The zero-order valence-electron chi connectivity index (χ0n) is 7.93. The molecule has 2 heteroatoms. The third-order valence-corrected chi connectivity index (χ3v) is 1.99. The van der Waals surface area contributed by atoms with E-state index in [1.807, 2.05) is 60.7 Å². The van der Waals surface area contributed by atoms with Crippen molar-refractivity contribution in [3.8, 4) is 0 Å². The summed E-state index contributed by atoms with van der Waals surface area (Å²) in [6.45, 7) is 0. The first-order valence-electron chi connectivity index (χ1n) is 4.40. The van der Waals surface area contributed by atoms with E-state index in [4.69, 9.17) is 5.73 Å². The van der Waals surface area contributed by atoms with Crippen molar-refractivity contribution in [2.45, 2.75) is 0 Å². The molecule has 2 rings (SSSR count). The van der Waals surface area contributed by atoms with E-state index in [1.165, 1.54) is 5.30 Å². The average molecular weight is 203 g/mol. The van der Waals surface area contributed by atoms with E-state index in [2.05, 4.69) is 9.24 Å². The molecule has 0 aliphatic rings. The second kappa shape index (κ2) is 6.17. The van der Waals surface area contributed by atoms with Gasteiger partial charge in [0.15, 0.2) is 0 Å². The Hall–Kier alpha value is -1.33. The van der Waals surface area contributed by atoms with Gasteiger partial charge in [-0.25, -0.2) is 0 Å². The van der Waals surface area contributed by atoms with Gasteiger partial charge in [-0.1, -0.05) is 48.5 Å². The molecule has 72 valence electrons. The van der Waals surface area contributed by atoms with Gasteiger partial charge in [-0.3, -0.25) is 0 Å². The molecule has 1 atom stereocenters. The van der Waals surface area contributed by atoms with E-state index in [0.29, 0.717) is 0 Å². The van der Waals surface area contributed by atoms with E-state index < -0.39 is 0 Å². The molecule has 0 fully saturated rings. The van der Waals surface area contributed by atoms with Gasteiger partial charge in [0.1, 0.15) is 0 Å². The lowest BCUT2D eigenvalue weighted by molar-refractivity contribution is 1.72. The summed E-state index contributed by atoms with van der Waals surface area (Å²) in [7, 11) is 2.60. The quantitative estimate of drug-likeness (QED) is 0.516. The molecule has 0 saturated heterocycles. The minimum Gasteiger partial charge on any atom is -0.399 e. The maximum Gasteiger partial charge on any atom is 0.0314 e. The van der Waals surface area contributed by atoms with E-state index in [0.717, 1.165) is 5.69 Å². The van der Waals surface area contributed by atoms with E-state index in [9.17, 15) is 0 Å².